The molecular formula is C14H19ClFN. The van der Waals surface area contributed by atoms with Crippen LogP contribution in [0, 0.1) is 17.2 Å². The molecule has 0 bridgehead atoms. The molecule has 0 heterocycles. The Hall–Kier alpha value is -0.600. The SMILES string of the molecule is CC(C)(C)C1CC(N)(c2cccc(Cl)c2F)C1. The van der Waals surface area contributed by atoms with Crippen LogP contribution in [0.1, 0.15) is 39.2 Å². The van der Waals surface area contributed by atoms with Gasteiger partial charge >= 0.3 is 0 Å². The summed E-state index contributed by atoms with van der Waals surface area (Å²) in [6.45, 7) is 6.60. The molecule has 0 saturated heterocycles. The molecule has 1 fully saturated rings. The molecule has 1 aromatic rings. The first kappa shape index (κ1) is 12.8. The highest BCUT2D eigenvalue weighted by atomic mass is 35.5. The molecule has 0 spiro atoms. The molecule has 0 radical (unpaired) electrons. The fourth-order valence-electron chi connectivity index (χ4n) is 2.54. The second-order valence-corrected chi connectivity index (χ2v) is 6.64. The molecule has 1 aromatic carbocycles. The maximum atomic E-state index is 13.9. The van der Waals surface area contributed by atoms with Gasteiger partial charge in [0.15, 0.2) is 0 Å². The van der Waals surface area contributed by atoms with E-state index in [1.54, 1.807) is 18.2 Å². The van der Waals surface area contributed by atoms with Crippen LogP contribution in [0.2, 0.25) is 5.02 Å². The van der Waals surface area contributed by atoms with E-state index in [9.17, 15) is 4.39 Å². The van der Waals surface area contributed by atoms with E-state index in [0.29, 0.717) is 11.5 Å². The van der Waals surface area contributed by atoms with Crippen molar-refractivity contribution in [1.82, 2.24) is 0 Å². The van der Waals surface area contributed by atoms with Crippen LogP contribution in [0.15, 0.2) is 18.2 Å². The Morgan fingerprint density at radius 1 is 1.35 bits per heavy atom. The summed E-state index contributed by atoms with van der Waals surface area (Å²) in [5.41, 5.74) is 6.54. The summed E-state index contributed by atoms with van der Waals surface area (Å²) < 4.78 is 13.9. The van der Waals surface area contributed by atoms with E-state index in [1.807, 2.05) is 0 Å². The Balaban J connectivity index is 2.23. The van der Waals surface area contributed by atoms with Gasteiger partial charge < -0.3 is 5.73 Å². The summed E-state index contributed by atoms with van der Waals surface area (Å²) in [4.78, 5) is 0. The molecule has 0 unspecified atom stereocenters. The van der Waals surface area contributed by atoms with E-state index in [1.165, 1.54) is 0 Å². The summed E-state index contributed by atoms with van der Waals surface area (Å²) >= 11 is 5.80. The molecule has 1 aliphatic carbocycles. The van der Waals surface area contributed by atoms with Crippen molar-refractivity contribution < 1.29 is 4.39 Å². The first-order valence-corrected chi connectivity index (χ1v) is 6.35. The summed E-state index contributed by atoms with van der Waals surface area (Å²) in [5, 5.41) is 0.159. The van der Waals surface area contributed by atoms with Gasteiger partial charge in [0.1, 0.15) is 5.82 Å². The van der Waals surface area contributed by atoms with Crippen LogP contribution in [-0.2, 0) is 5.54 Å². The maximum absolute atomic E-state index is 13.9. The molecule has 0 aromatic heterocycles. The van der Waals surface area contributed by atoms with Gasteiger partial charge in [-0.3, -0.25) is 0 Å². The predicted octanol–water partition coefficient (Wildman–Crippen LogP) is 4.09. The van der Waals surface area contributed by atoms with Crippen LogP contribution in [0.5, 0.6) is 0 Å². The second-order valence-electron chi connectivity index (χ2n) is 6.23. The van der Waals surface area contributed by atoms with E-state index in [2.05, 4.69) is 20.8 Å². The molecule has 0 aliphatic heterocycles. The molecule has 1 aliphatic rings. The molecular weight excluding hydrogens is 237 g/mol. The van der Waals surface area contributed by atoms with Gasteiger partial charge in [0, 0.05) is 11.1 Å². The monoisotopic (exact) mass is 255 g/mol. The molecule has 1 saturated carbocycles. The zero-order valence-corrected chi connectivity index (χ0v) is 11.3. The first-order valence-electron chi connectivity index (χ1n) is 5.97. The van der Waals surface area contributed by atoms with Crippen LogP contribution in [0.3, 0.4) is 0 Å². The Morgan fingerprint density at radius 3 is 2.47 bits per heavy atom. The van der Waals surface area contributed by atoms with Crippen molar-refractivity contribution in [3.63, 3.8) is 0 Å². The van der Waals surface area contributed by atoms with Gasteiger partial charge in [0.25, 0.3) is 0 Å². The number of hydrogen-bond acceptors (Lipinski definition) is 1. The van der Waals surface area contributed by atoms with Crippen LogP contribution in [0.4, 0.5) is 4.39 Å². The van der Waals surface area contributed by atoms with E-state index < -0.39 is 5.54 Å². The normalized spacial score (nSPS) is 28.9. The van der Waals surface area contributed by atoms with Crippen molar-refractivity contribution in [2.24, 2.45) is 17.1 Å². The number of halogens is 2. The fourth-order valence-corrected chi connectivity index (χ4v) is 2.71. The Kier molecular flexibility index (Phi) is 2.99. The minimum atomic E-state index is -0.535. The Labute approximate surface area is 107 Å². The topological polar surface area (TPSA) is 26.0 Å². The largest absolute Gasteiger partial charge is 0.321 e. The van der Waals surface area contributed by atoms with Gasteiger partial charge in [-0.2, -0.15) is 0 Å². The number of benzene rings is 1. The van der Waals surface area contributed by atoms with Crippen molar-refractivity contribution in [3.05, 3.63) is 34.6 Å². The first-order chi connectivity index (χ1) is 7.74. The highest BCUT2D eigenvalue weighted by Gasteiger charge is 2.48. The van der Waals surface area contributed by atoms with E-state index in [-0.39, 0.29) is 16.3 Å². The highest BCUT2D eigenvalue weighted by molar-refractivity contribution is 6.30. The van der Waals surface area contributed by atoms with Crippen molar-refractivity contribution in [2.45, 2.75) is 39.2 Å². The van der Waals surface area contributed by atoms with Gasteiger partial charge in [-0.1, -0.05) is 44.5 Å². The summed E-state index contributed by atoms with van der Waals surface area (Å²) in [6.07, 6.45) is 1.65. The van der Waals surface area contributed by atoms with E-state index in [0.717, 1.165) is 12.8 Å². The third-order valence-corrected chi connectivity index (χ3v) is 4.23. The molecule has 17 heavy (non-hydrogen) atoms. The minimum absolute atomic E-state index is 0.159. The molecule has 1 nitrogen and oxygen atoms in total. The quantitative estimate of drug-likeness (QED) is 0.804. The molecule has 94 valence electrons. The van der Waals surface area contributed by atoms with Gasteiger partial charge in [0.2, 0.25) is 0 Å². The van der Waals surface area contributed by atoms with E-state index in [4.69, 9.17) is 17.3 Å². The third kappa shape index (κ3) is 2.21. The van der Waals surface area contributed by atoms with Crippen LogP contribution >= 0.6 is 11.6 Å². The zero-order valence-electron chi connectivity index (χ0n) is 10.6. The van der Waals surface area contributed by atoms with Crippen molar-refractivity contribution in [1.29, 1.82) is 0 Å². The lowest BCUT2D eigenvalue weighted by molar-refractivity contribution is 0.0468. The van der Waals surface area contributed by atoms with Gasteiger partial charge in [-0.25, -0.2) is 4.39 Å². The molecule has 3 heteroatoms. The number of rotatable bonds is 1. The van der Waals surface area contributed by atoms with Crippen molar-refractivity contribution >= 4 is 11.6 Å². The van der Waals surface area contributed by atoms with Crippen LogP contribution < -0.4 is 5.73 Å². The average molecular weight is 256 g/mol. The molecule has 2 N–H and O–H groups in total. The average Bonchev–Trinajstić information content (AvgIpc) is 2.16. The van der Waals surface area contributed by atoms with Gasteiger partial charge in [-0.15, -0.1) is 0 Å². The molecule has 2 rings (SSSR count). The zero-order chi connectivity index (χ0) is 12.8. The highest BCUT2D eigenvalue weighted by Crippen LogP contribution is 2.52. The van der Waals surface area contributed by atoms with Crippen molar-refractivity contribution in [2.75, 3.05) is 0 Å². The fraction of sp³-hybridized carbons (Fsp3) is 0.571. The summed E-state index contributed by atoms with van der Waals surface area (Å²) in [6, 6.07) is 5.07. The Bertz CT molecular complexity index is 430. The van der Waals surface area contributed by atoms with Crippen LogP contribution in [0.25, 0.3) is 0 Å². The Morgan fingerprint density at radius 2 is 1.94 bits per heavy atom. The van der Waals surface area contributed by atoms with Crippen LogP contribution in [-0.4, -0.2) is 0 Å². The lowest BCUT2D eigenvalue weighted by Gasteiger charge is -2.51. The van der Waals surface area contributed by atoms with Gasteiger partial charge in [-0.05, 0) is 30.2 Å². The standard InChI is InChI=1S/C14H19ClFN/c1-13(2,3)9-7-14(17,8-9)10-5-4-6-11(15)12(10)16/h4-6,9H,7-8,17H2,1-3H3. The number of hydrogen-bond donors (Lipinski definition) is 1. The third-order valence-electron chi connectivity index (χ3n) is 3.93. The summed E-state index contributed by atoms with van der Waals surface area (Å²) in [5.74, 6) is 0.190. The molecule has 0 atom stereocenters. The predicted molar refractivity (Wildman–Crippen MR) is 69.5 cm³/mol. The lowest BCUT2D eigenvalue weighted by atomic mass is 9.57. The summed E-state index contributed by atoms with van der Waals surface area (Å²) in [7, 11) is 0. The minimum Gasteiger partial charge on any atom is -0.321 e. The second kappa shape index (κ2) is 3.96. The maximum Gasteiger partial charge on any atom is 0.146 e. The van der Waals surface area contributed by atoms with Gasteiger partial charge in [0.05, 0.1) is 5.02 Å². The van der Waals surface area contributed by atoms with Crippen molar-refractivity contribution in [3.8, 4) is 0 Å². The molecule has 0 amide bonds. The smallest absolute Gasteiger partial charge is 0.146 e. The lowest BCUT2D eigenvalue weighted by Crippen LogP contribution is -2.53. The van der Waals surface area contributed by atoms with E-state index >= 15 is 0 Å². The number of nitrogens with two attached hydrogens (primary N) is 1.